The number of hydrazone groups is 1. The summed E-state index contributed by atoms with van der Waals surface area (Å²) in [6.45, 7) is 0.249. The number of hydrogen-bond acceptors (Lipinski definition) is 7. The van der Waals surface area contributed by atoms with Gasteiger partial charge in [-0.05, 0) is 30.0 Å². The average molecular weight is 432 g/mol. The van der Waals surface area contributed by atoms with Gasteiger partial charge in [0, 0.05) is 17.3 Å². The fourth-order valence-corrected chi connectivity index (χ4v) is 6.35. The van der Waals surface area contributed by atoms with Gasteiger partial charge in [0.25, 0.3) is 5.91 Å². The first-order valence-corrected chi connectivity index (χ1v) is 12.0. The number of nitrogens with zero attached hydrogens (tertiary/aromatic N) is 3. The number of sulfone groups is 1. The van der Waals surface area contributed by atoms with Crippen LogP contribution in [0.5, 0.6) is 0 Å². The molecule has 29 heavy (non-hydrogen) atoms. The highest BCUT2D eigenvalue weighted by Crippen LogP contribution is 2.35. The number of amides is 1. The molecule has 4 heterocycles. The summed E-state index contributed by atoms with van der Waals surface area (Å²) in [6, 6.07) is 7.10. The van der Waals surface area contributed by atoms with Crippen LogP contribution in [0.3, 0.4) is 0 Å². The lowest BCUT2D eigenvalue weighted by atomic mass is 10.1. The fraction of sp³-hybridized carbons (Fsp3) is 0.400. The topological polar surface area (TPSA) is 83.2 Å². The Kier molecular flexibility index (Phi) is 5.58. The van der Waals surface area contributed by atoms with Crippen molar-refractivity contribution in [2.45, 2.75) is 24.9 Å². The second kappa shape index (κ2) is 8.14. The summed E-state index contributed by atoms with van der Waals surface area (Å²) in [6.07, 6.45) is 8.12. The molecule has 0 N–H and O–H groups in total. The second-order valence-electron chi connectivity index (χ2n) is 7.16. The Labute approximate surface area is 173 Å². The minimum Gasteiger partial charge on any atom is -0.463 e. The minimum atomic E-state index is -3.07. The normalized spacial score (nSPS) is 23.3. The molecule has 2 aromatic rings. The molecule has 1 amide bonds. The Morgan fingerprint density at radius 1 is 1.41 bits per heavy atom. The van der Waals surface area contributed by atoms with Gasteiger partial charge in [0.15, 0.2) is 9.84 Å². The van der Waals surface area contributed by atoms with E-state index in [2.05, 4.69) is 11.0 Å². The lowest BCUT2D eigenvalue weighted by molar-refractivity contribution is -0.134. The van der Waals surface area contributed by atoms with E-state index in [0.29, 0.717) is 24.3 Å². The number of terminal acetylenes is 1. The van der Waals surface area contributed by atoms with Gasteiger partial charge in [-0.3, -0.25) is 9.69 Å². The third-order valence-electron chi connectivity index (χ3n) is 5.20. The number of furan rings is 1. The van der Waals surface area contributed by atoms with Crippen LogP contribution in [-0.2, 0) is 14.6 Å². The standard InChI is InChI=1S/C20H21N3O4S2/c1-2-8-22(15-7-11-29(25,26)14-15)13-20(24)23-17(19-6-4-10-28-19)12-16(21-23)18-5-3-9-27-18/h1,3-6,9-10,15,17H,7-8,11-14H2. The number of thiophene rings is 1. The molecule has 0 aromatic carbocycles. The molecule has 0 radical (unpaired) electrons. The van der Waals surface area contributed by atoms with E-state index in [0.717, 1.165) is 4.88 Å². The van der Waals surface area contributed by atoms with Gasteiger partial charge in [0.1, 0.15) is 11.5 Å². The lowest BCUT2D eigenvalue weighted by Crippen LogP contribution is -2.44. The van der Waals surface area contributed by atoms with Crippen LogP contribution < -0.4 is 0 Å². The molecule has 9 heteroatoms. The van der Waals surface area contributed by atoms with Gasteiger partial charge in [0.05, 0.1) is 36.9 Å². The SMILES string of the molecule is C#CCN(CC(=O)N1N=C(c2ccco2)CC1c1cccs1)C1CCS(=O)(=O)C1. The quantitative estimate of drug-likeness (QED) is 0.655. The van der Waals surface area contributed by atoms with Crippen LogP contribution in [0.25, 0.3) is 0 Å². The van der Waals surface area contributed by atoms with Gasteiger partial charge >= 0.3 is 0 Å². The van der Waals surface area contributed by atoms with Crippen LogP contribution in [0, 0.1) is 12.3 Å². The fourth-order valence-electron chi connectivity index (χ4n) is 3.78. The van der Waals surface area contributed by atoms with Crippen molar-refractivity contribution in [1.29, 1.82) is 0 Å². The number of rotatable bonds is 6. The molecule has 2 aliphatic heterocycles. The van der Waals surface area contributed by atoms with Crippen molar-refractivity contribution in [1.82, 2.24) is 9.91 Å². The van der Waals surface area contributed by atoms with E-state index in [1.807, 2.05) is 23.6 Å². The van der Waals surface area contributed by atoms with Crippen molar-refractivity contribution < 1.29 is 17.6 Å². The zero-order chi connectivity index (χ0) is 20.4. The predicted octanol–water partition coefficient (Wildman–Crippen LogP) is 2.14. The molecule has 2 atom stereocenters. The molecule has 0 bridgehead atoms. The molecule has 2 unspecified atom stereocenters. The van der Waals surface area contributed by atoms with Crippen LogP contribution in [0.15, 0.2) is 45.4 Å². The summed E-state index contributed by atoms with van der Waals surface area (Å²) in [4.78, 5) is 16.0. The first-order valence-electron chi connectivity index (χ1n) is 9.31. The molecule has 0 spiro atoms. The molecular formula is C20H21N3O4S2. The third kappa shape index (κ3) is 4.29. The molecule has 4 rings (SSSR count). The van der Waals surface area contributed by atoms with Gasteiger partial charge in [-0.15, -0.1) is 17.8 Å². The molecule has 7 nitrogen and oxygen atoms in total. The minimum absolute atomic E-state index is 0.0290. The smallest absolute Gasteiger partial charge is 0.257 e. The van der Waals surface area contributed by atoms with Crippen molar-refractivity contribution in [2.24, 2.45) is 5.10 Å². The Morgan fingerprint density at radius 2 is 2.28 bits per heavy atom. The van der Waals surface area contributed by atoms with Gasteiger partial charge < -0.3 is 4.42 Å². The monoisotopic (exact) mass is 431 g/mol. The van der Waals surface area contributed by atoms with Crippen LogP contribution in [-0.4, -0.2) is 60.6 Å². The summed E-state index contributed by atoms with van der Waals surface area (Å²) in [5.41, 5.74) is 0.716. The Hall–Kier alpha value is -2.41. The zero-order valence-corrected chi connectivity index (χ0v) is 17.4. The maximum absolute atomic E-state index is 13.2. The van der Waals surface area contributed by atoms with Crippen molar-refractivity contribution in [3.8, 4) is 12.3 Å². The van der Waals surface area contributed by atoms with E-state index >= 15 is 0 Å². The van der Waals surface area contributed by atoms with Gasteiger partial charge in [-0.25, -0.2) is 13.4 Å². The maximum atomic E-state index is 13.2. The van der Waals surface area contributed by atoms with Gasteiger partial charge in [0.2, 0.25) is 0 Å². The summed E-state index contributed by atoms with van der Waals surface area (Å²) >= 11 is 1.57. The highest BCUT2D eigenvalue weighted by Gasteiger charge is 2.37. The van der Waals surface area contributed by atoms with E-state index in [9.17, 15) is 13.2 Å². The molecule has 0 aliphatic carbocycles. The molecule has 1 saturated heterocycles. The Morgan fingerprint density at radius 3 is 2.90 bits per heavy atom. The summed E-state index contributed by atoms with van der Waals surface area (Å²) < 4.78 is 29.2. The highest BCUT2D eigenvalue weighted by atomic mass is 32.2. The molecule has 1 fully saturated rings. The van der Waals surface area contributed by atoms with E-state index < -0.39 is 9.84 Å². The highest BCUT2D eigenvalue weighted by molar-refractivity contribution is 7.91. The van der Waals surface area contributed by atoms with Gasteiger partial charge in [-0.2, -0.15) is 5.10 Å². The van der Waals surface area contributed by atoms with Crippen molar-refractivity contribution in [3.05, 3.63) is 46.5 Å². The molecular weight excluding hydrogens is 410 g/mol. The van der Waals surface area contributed by atoms with E-state index in [-0.39, 0.29) is 42.6 Å². The Balaban J connectivity index is 1.56. The first-order chi connectivity index (χ1) is 14.0. The number of carbonyl (C=O) groups is 1. The van der Waals surface area contributed by atoms with Crippen LogP contribution >= 0.6 is 11.3 Å². The number of carbonyl (C=O) groups excluding carboxylic acids is 1. The summed E-state index contributed by atoms with van der Waals surface area (Å²) in [5, 5.41) is 8.02. The maximum Gasteiger partial charge on any atom is 0.257 e. The molecule has 2 aromatic heterocycles. The lowest BCUT2D eigenvalue weighted by Gasteiger charge is -2.28. The Bertz CT molecular complexity index is 1040. The van der Waals surface area contributed by atoms with E-state index in [1.165, 1.54) is 5.01 Å². The molecule has 2 aliphatic rings. The summed E-state index contributed by atoms with van der Waals surface area (Å²) in [7, 11) is -3.07. The van der Waals surface area contributed by atoms with Crippen molar-refractivity contribution in [3.63, 3.8) is 0 Å². The first kappa shape index (κ1) is 19.9. The van der Waals surface area contributed by atoms with Crippen molar-refractivity contribution in [2.75, 3.05) is 24.6 Å². The third-order valence-corrected chi connectivity index (χ3v) is 7.92. The molecule has 152 valence electrons. The molecule has 0 saturated carbocycles. The van der Waals surface area contributed by atoms with Crippen molar-refractivity contribution >= 4 is 32.8 Å². The average Bonchev–Trinajstić information content (AvgIpc) is 3.45. The summed E-state index contributed by atoms with van der Waals surface area (Å²) in [5.74, 6) is 3.16. The zero-order valence-electron chi connectivity index (χ0n) is 15.7. The second-order valence-corrected chi connectivity index (χ2v) is 10.4. The largest absolute Gasteiger partial charge is 0.463 e. The predicted molar refractivity (Wildman–Crippen MR) is 111 cm³/mol. The van der Waals surface area contributed by atoms with Crippen LogP contribution in [0.4, 0.5) is 0 Å². The van der Waals surface area contributed by atoms with E-state index in [1.54, 1.807) is 28.6 Å². The number of hydrogen-bond donors (Lipinski definition) is 0. The van der Waals surface area contributed by atoms with Gasteiger partial charge in [-0.1, -0.05) is 12.0 Å². The van der Waals surface area contributed by atoms with E-state index in [4.69, 9.17) is 10.8 Å². The van der Waals surface area contributed by atoms with Crippen LogP contribution in [0.2, 0.25) is 0 Å². The van der Waals surface area contributed by atoms with Crippen LogP contribution in [0.1, 0.15) is 29.5 Å².